The molecule has 24 heavy (non-hydrogen) atoms. The number of nitrogens with one attached hydrogen (secondary N) is 4. The minimum atomic E-state index is 1.16. The second-order valence-electron chi connectivity index (χ2n) is 7.13. The number of nitrogens with zero attached hydrogens (tertiary/aromatic N) is 1. The fourth-order valence-electron chi connectivity index (χ4n) is 3.01. The summed E-state index contributed by atoms with van der Waals surface area (Å²) in [5.41, 5.74) is 0. The highest BCUT2D eigenvalue weighted by Gasteiger charge is 2.01. The molecule has 0 bridgehead atoms. The monoisotopic (exact) mass is 341 g/mol. The molecular formula is C19H43N5. The van der Waals surface area contributed by atoms with Crippen molar-refractivity contribution in [1.29, 1.82) is 0 Å². The first-order valence-corrected chi connectivity index (χ1v) is 10.4. The van der Waals surface area contributed by atoms with Gasteiger partial charge in [0.2, 0.25) is 0 Å². The number of piperazine rings is 1. The van der Waals surface area contributed by atoms with Gasteiger partial charge in [-0.15, -0.1) is 0 Å². The number of rotatable bonds is 0. The number of likely N-dealkylation sites (N-methyl/N-ethyl adjacent to an activating group) is 1. The molecule has 4 N–H and O–H groups in total. The van der Waals surface area contributed by atoms with Crippen LogP contribution in [0.25, 0.3) is 0 Å². The first kappa shape index (κ1) is 21.8. The lowest BCUT2D eigenvalue weighted by molar-refractivity contribution is 0.291. The minimum absolute atomic E-state index is 1.16. The van der Waals surface area contributed by atoms with Gasteiger partial charge in [-0.05, 0) is 84.8 Å². The number of hydrogen-bond acceptors (Lipinski definition) is 5. The maximum absolute atomic E-state index is 3.28. The number of piperidine rings is 2. The minimum Gasteiger partial charge on any atom is -0.317 e. The zero-order chi connectivity index (χ0) is 17.1. The highest BCUT2D eigenvalue weighted by molar-refractivity contribution is 4.62. The molecule has 0 amide bonds. The van der Waals surface area contributed by atoms with Gasteiger partial charge >= 0.3 is 0 Å². The predicted octanol–water partition coefficient (Wildman–Crippen LogP) is 1.41. The van der Waals surface area contributed by atoms with Crippen LogP contribution in [0.2, 0.25) is 0 Å². The Labute approximate surface area is 150 Å². The maximum atomic E-state index is 3.28. The Morgan fingerprint density at radius 3 is 0.875 bits per heavy atom. The Morgan fingerprint density at radius 1 is 0.417 bits per heavy atom. The van der Waals surface area contributed by atoms with Crippen molar-refractivity contribution in [3.8, 4) is 0 Å². The first-order valence-electron chi connectivity index (χ1n) is 10.4. The van der Waals surface area contributed by atoms with Gasteiger partial charge in [0, 0.05) is 26.2 Å². The van der Waals surface area contributed by atoms with Gasteiger partial charge in [0.1, 0.15) is 0 Å². The smallest absolute Gasteiger partial charge is 0.0104 e. The Morgan fingerprint density at radius 2 is 0.708 bits per heavy atom. The van der Waals surface area contributed by atoms with Crippen LogP contribution < -0.4 is 21.3 Å². The molecule has 4 fully saturated rings. The molecule has 0 aliphatic carbocycles. The molecule has 0 aromatic carbocycles. The molecule has 5 nitrogen and oxygen atoms in total. The van der Waals surface area contributed by atoms with Crippen LogP contribution in [0.15, 0.2) is 0 Å². The summed E-state index contributed by atoms with van der Waals surface area (Å²) < 4.78 is 0. The molecule has 4 aliphatic heterocycles. The van der Waals surface area contributed by atoms with Gasteiger partial charge in [0.15, 0.2) is 0 Å². The van der Waals surface area contributed by atoms with E-state index in [4.69, 9.17) is 0 Å². The van der Waals surface area contributed by atoms with Crippen molar-refractivity contribution < 1.29 is 0 Å². The average molecular weight is 342 g/mol. The summed E-state index contributed by atoms with van der Waals surface area (Å²) in [5, 5.41) is 13.1. The van der Waals surface area contributed by atoms with Crippen molar-refractivity contribution >= 4 is 0 Å². The predicted molar refractivity (Wildman–Crippen MR) is 106 cm³/mol. The summed E-state index contributed by atoms with van der Waals surface area (Å²) in [7, 11) is 2.15. The first-order chi connectivity index (χ1) is 11.9. The fourth-order valence-corrected chi connectivity index (χ4v) is 3.01. The van der Waals surface area contributed by atoms with Gasteiger partial charge < -0.3 is 26.2 Å². The van der Waals surface area contributed by atoms with Crippen molar-refractivity contribution in [2.24, 2.45) is 0 Å². The Kier molecular flexibility index (Phi) is 16.0. The summed E-state index contributed by atoms with van der Waals surface area (Å²) in [6.45, 7) is 12.2. The zero-order valence-electron chi connectivity index (χ0n) is 16.2. The molecule has 0 atom stereocenters. The third-order valence-corrected chi connectivity index (χ3v) is 4.71. The largest absolute Gasteiger partial charge is 0.317 e. The van der Waals surface area contributed by atoms with Crippen molar-refractivity contribution in [2.45, 2.75) is 51.4 Å². The summed E-state index contributed by atoms with van der Waals surface area (Å²) in [6.07, 6.45) is 11.2. The molecule has 0 unspecified atom stereocenters. The Balaban J connectivity index is 0.000000161. The lowest BCUT2D eigenvalue weighted by atomic mass is 10.2. The highest BCUT2D eigenvalue weighted by Crippen LogP contribution is 1.97. The molecule has 4 aliphatic rings. The molecule has 0 saturated carbocycles. The van der Waals surface area contributed by atoms with Crippen molar-refractivity contribution in [3.63, 3.8) is 0 Å². The molecule has 4 saturated heterocycles. The Hall–Kier alpha value is -0.200. The van der Waals surface area contributed by atoms with E-state index in [-0.39, 0.29) is 0 Å². The molecule has 4 heterocycles. The Bertz CT molecular complexity index is 189. The van der Waals surface area contributed by atoms with Crippen LogP contribution in [0, 0.1) is 0 Å². The van der Waals surface area contributed by atoms with E-state index in [1.807, 2.05) is 0 Å². The lowest BCUT2D eigenvalue weighted by Gasteiger charge is -2.21. The lowest BCUT2D eigenvalue weighted by Crippen LogP contribution is -2.40. The van der Waals surface area contributed by atoms with Gasteiger partial charge in [-0.1, -0.05) is 12.8 Å². The standard InChI is InChI=1S/C5H12N2.2C5H11N.C4H9N/c1-7-4-2-6-3-5-7;2*1-2-4-6-5-3-1;1-2-4-5-3-1/h6H,2-5H2,1H3;2*6H,1-5H2;5H,1-4H2. The summed E-state index contributed by atoms with van der Waals surface area (Å²) >= 11 is 0. The van der Waals surface area contributed by atoms with E-state index >= 15 is 0 Å². The van der Waals surface area contributed by atoms with Crippen LogP contribution in [0.4, 0.5) is 0 Å². The summed E-state index contributed by atoms with van der Waals surface area (Å²) in [4.78, 5) is 2.33. The topological polar surface area (TPSA) is 51.4 Å². The zero-order valence-corrected chi connectivity index (χ0v) is 16.2. The van der Waals surface area contributed by atoms with Crippen LogP contribution in [-0.4, -0.2) is 77.4 Å². The molecule has 0 radical (unpaired) electrons. The molecule has 0 spiro atoms. The van der Waals surface area contributed by atoms with Crippen LogP contribution >= 0.6 is 0 Å². The summed E-state index contributed by atoms with van der Waals surface area (Å²) in [5.74, 6) is 0. The molecule has 4 rings (SSSR count). The van der Waals surface area contributed by atoms with Crippen LogP contribution in [0.3, 0.4) is 0 Å². The van der Waals surface area contributed by atoms with Gasteiger partial charge in [-0.3, -0.25) is 0 Å². The van der Waals surface area contributed by atoms with Crippen molar-refractivity contribution in [2.75, 3.05) is 72.5 Å². The molecule has 0 aromatic heterocycles. The van der Waals surface area contributed by atoms with Gasteiger partial charge in [-0.2, -0.15) is 0 Å². The normalized spacial score (nSPS) is 24.4. The fraction of sp³-hybridized carbons (Fsp3) is 1.00. The third kappa shape index (κ3) is 15.3. The average Bonchev–Trinajstić information content (AvgIpc) is 3.26. The molecule has 5 heteroatoms. The van der Waals surface area contributed by atoms with Crippen LogP contribution in [-0.2, 0) is 0 Å². The van der Waals surface area contributed by atoms with Gasteiger partial charge in [0.25, 0.3) is 0 Å². The SMILES string of the molecule is C1CCNC1.C1CCNCC1.C1CCNCC1.CN1CCNCC1. The molecule has 144 valence electrons. The van der Waals surface area contributed by atoms with E-state index in [0.717, 1.165) is 13.1 Å². The molecule has 0 aromatic rings. The van der Waals surface area contributed by atoms with Crippen molar-refractivity contribution in [3.05, 3.63) is 0 Å². The maximum Gasteiger partial charge on any atom is 0.0104 e. The van der Waals surface area contributed by atoms with Crippen molar-refractivity contribution in [1.82, 2.24) is 26.2 Å². The van der Waals surface area contributed by atoms with E-state index in [1.54, 1.807) is 0 Å². The second-order valence-corrected chi connectivity index (χ2v) is 7.13. The van der Waals surface area contributed by atoms with Gasteiger partial charge in [-0.25, -0.2) is 0 Å². The van der Waals surface area contributed by atoms with E-state index in [9.17, 15) is 0 Å². The quantitative estimate of drug-likeness (QED) is 0.537. The van der Waals surface area contributed by atoms with Gasteiger partial charge in [0.05, 0.1) is 0 Å². The van der Waals surface area contributed by atoms with E-state index < -0.39 is 0 Å². The van der Waals surface area contributed by atoms with E-state index in [2.05, 4.69) is 33.2 Å². The number of hydrogen-bond donors (Lipinski definition) is 4. The van der Waals surface area contributed by atoms with Crippen LogP contribution in [0.5, 0.6) is 0 Å². The van der Waals surface area contributed by atoms with E-state index in [1.165, 1.54) is 104 Å². The second kappa shape index (κ2) is 17.6. The third-order valence-electron chi connectivity index (χ3n) is 4.71. The van der Waals surface area contributed by atoms with Crippen LogP contribution in [0.1, 0.15) is 51.4 Å². The van der Waals surface area contributed by atoms with E-state index in [0.29, 0.717) is 0 Å². The highest BCUT2D eigenvalue weighted by atomic mass is 15.2. The molecular weight excluding hydrogens is 298 g/mol. The summed E-state index contributed by atoms with van der Waals surface area (Å²) in [6, 6.07) is 0.